The lowest BCUT2D eigenvalue weighted by molar-refractivity contribution is 0.475. The zero-order chi connectivity index (χ0) is 15.4. The molecule has 0 amide bonds. The maximum absolute atomic E-state index is 9.37. The summed E-state index contributed by atoms with van der Waals surface area (Å²) in [6.07, 6.45) is 1.77. The minimum Gasteiger partial charge on any atom is -0.508 e. The molecule has 1 aromatic heterocycles. The van der Waals surface area contributed by atoms with Crippen molar-refractivity contribution in [3.05, 3.63) is 71.2 Å². The Morgan fingerprint density at radius 3 is 2.50 bits per heavy atom. The molecule has 0 aliphatic carbocycles. The van der Waals surface area contributed by atoms with Crippen molar-refractivity contribution in [2.45, 2.75) is 0 Å². The fourth-order valence-electron chi connectivity index (χ4n) is 2.01. The van der Waals surface area contributed by atoms with E-state index in [0.29, 0.717) is 11.3 Å². The van der Waals surface area contributed by atoms with Crippen LogP contribution in [0.1, 0.15) is 11.3 Å². The van der Waals surface area contributed by atoms with E-state index in [1.807, 2.05) is 35.7 Å². The van der Waals surface area contributed by atoms with Crippen molar-refractivity contribution >= 4 is 23.0 Å². The fraction of sp³-hybridized carbons (Fsp3) is 0. The molecule has 0 aliphatic rings. The van der Waals surface area contributed by atoms with Crippen LogP contribution in [0.25, 0.3) is 22.2 Å². The SMILES string of the molecule is N#C/C(=C/c1ccc(O)cc1)c1csc(-c2ccccc2)n1. The fourth-order valence-corrected chi connectivity index (χ4v) is 2.84. The van der Waals surface area contributed by atoms with Gasteiger partial charge in [-0.3, -0.25) is 0 Å². The van der Waals surface area contributed by atoms with Gasteiger partial charge in [0.1, 0.15) is 16.8 Å². The van der Waals surface area contributed by atoms with E-state index in [4.69, 9.17) is 0 Å². The second-order valence-electron chi connectivity index (χ2n) is 4.67. The Morgan fingerprint density at radius 2 is 1.82 bits per heavy atom. The van der Waals surface area contributed by atoms with Gasteiger partial charge in [-0.25, -0.2) is 4.98 Å². The number of nitrogens with zero attached hydrogens (tertiary/aromatic N) is 2. The summed E-state index contributed by atoms with van der Waals surface area (Å²) in [6.45, 7) is 0. The van der Waals surface area contributed by atoms with Gasteiger partial charge < -0.3 is 5.11 Å². The zero-order valence-electron chi connectivity index (χ0n) is 11.6. The predicted octanol–water partition coefficient (Wildman–Crippen LogP) is 4.58. The quantitative estimate of drug-likeness (QED) is 0.720. The van der Waals surface area contributed by atoms with Crippen molar-refractivity contribution in [2.24, 2.45) is 0 Å². The molecule has 0 unspecified atom stereocenters. The molecule has 0 saturated heterocycles. The van der Waals surface area contributed by atoms with Gasteiger partial charge in [-0.15, -0.1) is 11.3 Å². The van der Waals surface area contributed by atoms with E-state index >= 15 is 0 Å². The average molecular weight is 304 g/mol. The first-order valence-electron chi connectivity index (χ1n) is 6.68. The van der Waals surface area contributed by atoms with E-state index in [9.17, 15) is 10.4 Å². The molecular formula is C18H12N2OS. The molecule has 0 radical (unpaired) electrons. The number of rotatable bonds is 3. The molecule has 0 saturated carbocycles. The van der Waals surface area contributed by atoms with Crippen LogP contribution in [-0.4, -0.2) is 10.1 Å². The Balaban J connectivity index is 1.94. The summed E-state index contributed by atoms with van der Waals surface area (Å²) in [5, 5.41) is 21.4. The summed E-state index contributed by atoms with van der Waals surface area (Å²) in [5.74, 6) is 0.204. The number of hydrogen-bond acceptors (Lipinski definition) is 4. The molecular weight excluding hydrogens is 292 g/mol. The Hall–Kier alpha value is -2.90. The summed E-state index contributed by atoms with van der Waals surface area (Å²) < 4.78 is 0. The number of phenols is 1. The molecule has 3 aromatic rings. The van der Waals surface area contributed by atoms with Gasteiger partial charge in [0, 0.05) is 10.9 Å². The number of aromatic nitrogens is 1. The number of benzene rings is 2. The highest BCUT2D eigenvalue weighted by Gasteiger charge is 2.08. The first-order chi connectivity index (χ1) is 10.8. The third-order valence-corrected chi connectivity index (χ3v) is 4.02. The van der Waals surface area contributed by atoms with E-state index in [2.05, 4.69) is 11.1 Å². The van der Waals surface area contributed by atoms with Gasteiger partial charge in [0.15, 0.2) is 0 Å². The highest BCUT2D eigenvalue weighted by atomic mass is 32.1. The molecule has 22 heavy (non-hydrogen) atoms. The number of phenolic OH excluding ortho intramolecular Hbond substituents is 1. The third kappa shape index (κ3) is 3.05. The van der Waals surface area contributed by atoms with Crippen LogP contribution in [0.4, 0.5) is 0 Å². The Kier molecular flexibility index (Phi) is 3.99. The van der Waals surface area contributed by atoms with E-state index in [-0.39, 0.29) is 5.75 Å². The van der Waals surface area contributed by atoms with Gasteiger partial charge >= 0.3 is 0 Å². The molecule has 0 atom stereocenters. The van der Waals surface area contributed by atoms with Crippen LogP contribution < -0.4 is 0 Å². The maximum atomic E-state index is 9.37. The normalized spacial score (nSPS) is 11.1. The molecule has 0 fully saturated rings. The molecule has 1 heterocycles. The van der Waals surface area contributed by atoms with Gasteiger partial charge in [0.2, 0.25) is 0 Å². The van der Waals surface area contributed by atoms with Crippen molar-refractivity contribution in [3.63, 3.8) is 0 Å². The molecule has 3 nitrogen and oxygen atoms in total. The molecule has 0 spiro atoms. The standard InChI is InChI=1S/C18H12N2OS/c19-11-15(10-13-6-8-16(21)9-7-13)17-12-22-18(20-17)14-4-2-1-3-5-14/h1-10,12,21H/b15-10-. The lowest BCUT2D eigenvalue weighted by Crippen LogP contribution is -1.83. The predicted molar refractivity (Wildman–Crippen MR) is 89.1 cm³/mol. The lowest BCUT2D eigenvalue weighted by Gasteiger charge is -1.97. The van der Waals surface area contributed by atoms with Crippen LogP contribution in [-0.2, 0) is 0 Å². The van der Waals surface area contributed by atoms with Crippen molar-refractivity contribution in [3.8, 4) is 22.4 Å². The van der Waals surface area contributed by atoms with Gasteiger partial charge in [-0.05, 0) is 23.8 Å². The monoisotopic (exact) mass is 304 g/mol. The summed E-state index contributed by atoms with van der Waals surface area (Å²) in [4.78, 5) is 4.54. The second-order valence-corrected chi connectivity index (χ2v) is 5.52. The van der Waals surface area contributed by atoms with E-state index in [1.54, 1.807) is 30.3 Å². The molecule has 1 N–H and O–H groups in total. The summed E-state index contributed by atoms with van der Waals surface area (Å²) in [6, 6.07) is 18.8. The topological polar surface area (TPSA) is 56.9 Å². The Bertz CT molecular complexity index is 843. The minimum atomic E-state index is 0.204. The maximum Gasteiger partial charge on any atom is 0.124 e. The first kappa shape index (κ1) is 14.1. The first-order valence-corrected chi connectivity index (χ1v) is 7.56. The van der Waals surface area contributed by atoms with Crippen molar-refractivity contribution in [1.82, 2.24) is 4.98 Å². The van der Waals surface area contributed by atoms with E-state index in [1.165, 1.54) is 11.3 Å². The molecule has 2 aromatic carbocycles. The highest BCUT2D eigenvalue weighted by molar-refractivity contribution is 7.13. The van der Waals surface area contributed by atoms with Gasteiger partial charge in [-0.2, -0.15) is 5.26 Å². The molecule has 4 heteroatoms. The second kappa shape index (κ2) is 6.25. The summed E-state index contributed by atoms with van der Waals surface area (Å²) in [5.41, 5.74) is 3.06. The van der Waals surface area contributed by atoms with Gasteiger partial charge in [-0.1, -0.05) is 42.5 Å². The van der Waals surface area contributed by atoms with Crippen LogP contribution in [0.2, 0.25) is 0 Å². The highest BCUT2D eigenvalue weighted by Crippen LogP contribution is 2.27. The number of nitriles is 1. The van der Waals surface area contributed by atoms with Crippen LogP contribution in [0, 0.1) is 11.3 Å². The minimum absolute atomic E-state index is 0.204. The number of allylic oxidation sites excluding steroid dienone is 1. The van der Waals surface area contributed by atoms with Crippen LogP contribution in [0.15, 0.2) is 60.0 Å². The van der Waals surface area contributed by atoms with Crippen molar-refractivity contribution in [2.75, 3.05) is 0 Å². The number of hydrogen-bond donors (Lipinski definition) is 1. The number of aromatic hydroxyl groups is 1. The Morgan fingerprint density at radius 1 is 1.09 bits per heavy atom. The van der Waals surface area contributed by atoms with Crippen LogP contribution in [0.3, 0.4) is 0 Å². The average Bonchev–Trinajstić information content (AvgIpc) is 3.05. The Labute approximate surface area is 132 Å². The molecule has 0 bridgehead atoms. The molecule has 3 rings (SSSR count). The van der Waals surface area contributed by atoms with Crippen molar-refractivity contribution in [1.29, 1.82) is 5.26 Å². The van der Waals surface area contributed by atoms with Crippen LogP contribution >= 0.6 is 11.3 Å². The molecule has 106 valence electrons. The largest absolute Gasteiger partial charge is 0.508 e. The summed E-state index contributed by atoms with van der Waals surface area (Å²) in [7, 11) is 0. The van der Waals surface area contributed by atoms with Crippen molar-refractivity contribution < 1.29 is 5.11 Å². The summed E-state index contributed by atoms with van der Waals surface area (Å²) >= 11 is 1.52. The van der Waals surface area contributed by atoms with Gasteiger partial charge in [0.25, 0.3) is 0 Å². The van der Waals surface area contributed by atoms with Crippen LogP contribution in [0.5, 0.6) is 5.75 Å². The molecule has 0 aliphatic heterocycles. The number of thiazole rings is 1. The van der Waals surface area contributed by atoms with E-state index in [0.717, 1.165) is 16.1 Å². The smallest absolute Gasteiger partial charge is 0.124 e. The lowest BCUT2D eigenvalue weighted by atomic mass is 10.1. The van der Waals surface area contributed by atoms with Gasteiger partial charge in [0.05, 0.1) is 11.3 Å². The third-order valence-electron chi connectivity index (χ3n) is 3.13. The zero-order valence-corrected chi connectivity index (χ0v) is 12.4. The van der Waals surface area contributed by atoms with E-state index < -0.39 is 0 Å².